The van der Waals surface area contributed by atoms with Gasteiger partial charge in [-0.2, -0.15) is 13.5 Å². The van der Waals surface area contributed by atoms with Gasteiger partial charge < -0.3 is 9.84 Å². The lowest BCUT2D eigenvalue weighted by Gasteiger charge is -2.10. The predicted molar refractivity (Wildman–Crippen MR) is 117 cm³/mol. The number of carbonyl (C=O) groups excluding carboxylic acids is 1. The molecular weight excluding hydrogens is 436 g/mol. The van der Waals surface area contributed by atoms with Crippen LogP contribution < -0.4 is 10.2 Å². The van der Waals surface area contributed by atoms with Gasteiger partial charge in [0.2, 0.25) is 5.84 Å². The molecule has 3 rings (SSSR count). The summed E-state index contributed by atoms with van der Waals surface area (Å²) in [6.45, 7) is 1.86. The number of para-hydroxylation sites is 1. The second-order valence-corrected chi connectivity index (χ2v) is 7.82. The lowest BCUT2D eigenvalue weighted by atomic mass is 10.2. The van der Waals surface area contributed by atoms with E-state index >= 15 is 0 Å². The van der Waals surface area contributed by atoms with E-state index in [1.165, 1.54) is 6.07 Å². The largest absolute Gasteiger partial charge is 0.504 e. The number of nitrogens with zero attached hydrogens (tertiary/aromatic N) is 3. The van der Waals surface area contributed by atoms with Crippen molar-refractivity contribution in [3.63, 3.8) is 0 Å². The van der Waals surface area contributed by atoms with Crippen molar-refractivity contribution in [1.82, 2.24) is 0 Å². The van der Waals surface area contributed by atoms with Crippen molar-refractivity contribution in [2.75, 3.05) is 5.43 Å². The summed E-state index contributed by atoms with van der Waals surface area (Å²) in [4.78, 5) is 10.0. The van der Waals surface area contributed by atoms with E-state index < -0.39 is 20.8 Å². The molecule has 0 heterocycles. The van der Waals surface area contributed by atoms with E-state index in [1.807, 2.05) is 0 Å². The predicted octanol–water partition coefficient (Wildman–Crippen LogP) is 4.04. The lowest BCUT2D eigenvalue weighted by molar-refractivity contribution is -0.120. The van der Waals surface area contributed by atoms with Gasteiger partial charge in [0, 0.05) is 5.56 Å². The minimum Gasteiger partial charge on any atom is -0.504 e. The fraction of sp³-hybridized carbons (Fsp3) is 0.0476. The van der Waals surface area contributed by atoms with Crippen LogP contribution >= 0.6 is 0 Å². The van der Waals surface area contributed by atoms with E-state index in [9.17, 15) is 22.9 Å². The molecule has 0 atom stereocenters. The smallest absolute Gasteiger partial charge is 0.298 e. The average molecular weight is 454 g/mol. The normalized spacial score (nSPS) is 12.0. The standard InChI is InChI=1S/C21H18N4O6S/c1-14-11-17(20(27)19(12-14)32(28,29)30)23-25-21(15-7-3-2-4-8-15)24-22-16-9-5-6-10-18(16)31-13-26/h2-13,23,27H,1H3,(H,28,29,30). The van der Waals surface area contributed by atoms with E-state index in [4.69, 9.17) is 4.74 Å². The first-order valence-electron chi connectivity index (χ1n) is 9.11. The molecule has 0 bridgehead atoms. The Morgan fingerprint density at radius 1 is 1.06 bits per heavy atom. The van der Waals surface area contributed by atoms with Crippen LogP contribution in [0.25, 0.3) is 0 Å². The molecule has 0 saturated carbocycles. The molecule has 3 aromatic carbocycles. The van der Waals surface area contributed by atoms with E-state index in [2.05, 4.69) is 20.8 Å². The minimum atomic E-state index is -4.65. The van der Waals surface area contributed by atoms with Crippen molar-refractivity contribution in [3.05, 3.63) is 77.9 Å². The Balaban J connectivity index is 2.02. The number of hydrazone groups is 1. The highest BCUT2D eigenvalue weighted by Gasteiger charge is 2.19. The molecule has 0 radical (unpaired) electrons. The van der Waals surface area contributed by atoms with Crippen molar-refractivity contribution < 1.29 is 27.6 Å². The number of anilines is 1. The zero-order valence-electron chi connectivity index (χ0n) is 16.7. The van der Waals surface area contributed by atoms with Gasteiger partial charge in [-0.25, -0.2) is 0 Å². The number of rotatable bonds is 7. The summed E-state index contributed by atoms with van der Waals surface area (Å²) in [5.41, 5.74) is 3.78. The van der Waals surface area contributed by atoms with Crippen LogP contribution in [0.4, 0.5) is 11.4 Å². The molecule has 32 heavy (non-hydrogen) atoms. The number of carbonyl (C=O) groups is 1. The van der Waals surface area contributed by atoms with Crippen LogP contribution in [0.2, 0.25) is 0 Å². The molecule has 0 amide bonds. The van der Waals surface area contributed by atoms with E-state index in [0.717, 1.165) is 6.07 Å². The number of amidine groups is 1. The maximum absolute atomic E-state index is 11.5. The maximum Gasteiger partial charge on any atom is 0.298 e. The molecule has 11 heteroatoms. The minimum absolute atomic E-state index is 0.0639. The number of hydrogen-bond acceptors (Lipinski definition) is 8. The fourth-order valence-corrected chi connectivity index (χ4v) is 3.35. The van der Waals surface area contributed by atoms with Crippen LogP contribution in [0.5, 0.6) is 11.5 Å². The van der Waals surface area contributed by atoms with Crippen LogP contribution in [-0.4, -0.2) is 30.4 Å². The monoisotopic (exact) mass is 454 g/mol. The lowest BCUT2D eigenvalue weighted by Crippen LogP contribution is -2.04. The summed E-state index contributed by atoms with van der Waals surface area (Å²) in [6.07, 6.45) is 0. The zero-order chi connectivity index (χ0) is 23.1. The Hall–Kier alpha value is -4.09. The van der Waals surface area contributed by atoms with Crippen molar-refractivity contribution in [2.45, 2.75) is 11.8 Å². The summed E-state index contributed by atoms with van der Waals surface area (Å²) in [5, 5.41) is 22.6. The zero-order valence-corrected chi connectivity index (χ0v) is 17.5. The van der Waals surface area contributed by atoms with Gasteiger partial charge in [-0.15, -0.1) is 10.2 Å². The quantitative estimate of drug-likeness (QED) is 0.0927. The second-order valence-electron chi connectivity index (χ2n) is 6.43. The highest BCUT2D eigenvalue weighted by Crippen LogP contribution is 2.33. The molecule has 0 aliphatic rings. The fourth-order valence-electron chi connectivity index (χ4n) is 2.66. The van der Waals surface area contributed by atoms with Gasteiger partial charge in [0.1, 0.15) is 10.6 Å². The van der Waals surface area contributed by atoms with Crippen molar-refractivity contribution in [2.24, 2.45) is 15.3 Å². The molecule has 0 aliphatic heterocycles. The number of ether oxygens (including phenoxy) is 1. The Morgan fingerprint density at radius 2 is 1.75 bits per heavy atom. The van der Waals surface area contributed by atoms with Crippen LogP contribution in [0.3, 0.4) is 0 Å². The molecule has 0 unspecified atom stereocenters. The molecule has 164 valence electrons. The molecule has 0 saturated heterocycles. The van der Waals surface area contributed by atoms with Gasteiger partial charge in [-0.3, -0.25) is 14.8 Å². The van der Waals surface area contributed by atoms with Crippen LogP contribution in [-0.2, 0) is 14.9 Å². The topological polar surface area (TPSA) is 150 Å². The maximum atomic E-state index is 11.5. The second kappa shape index (κ2) is 9.81. The Kier molecular flexibility index (Phi) is 6.93. The number of aryl methyl sites for hydroxylation is 1. The Labute approximate surface area is 183 Å². The number of benzene rings is 3. The highest BCUT2D eigenvalue weighted by molar-refractivity contribution is 7.86. The number of phenols is 1. The first kappa shape index (κ1) is 22.6. The van der Waals surface area contributed by atoms with Gasteiger partial charge in [0.15, 0.2) is 11.5 Å². The highest BCUT2D eigenvalue weighted by atomic mass is 32.2. The molecular formula is C21H18N4O6S. The van der Waals surface area contributed by atoms with Crippen molar-refractivity contribution in [1.29, 1.82) is 0 Å². The third kappa shape index (κ3) is 5.53. The Bertz CT molecular complexity index is 1290. The molecule has 0 fully saturated rings. The number of aromatic hydroxyl groups is 1. The first-order valence-corrected chi connectivity index (χ1v) is 10.5. The summed E-state index contributed by atoms with van der Waals surface area (Å²) >= 11 is 0. The van der Waals surface area contributed by atoms with E-state index in [0.29, 0.717) is 11.1 Å². The number of hydrogen-bond donors (Lipinski definition) is 3. The van der Waals surface area contributed by atoms with E-state index in [-0.39, 0.29) is 29.4 Å². The SMILES string of the molecule is Cc1cc(NN=C(N=Nc2ccccc2OC=O)c2ccccc2)c(O)c(S(=O)(=O)O)c1. The number of azo groups is 1. The molecule has 10 nitrogen and oxygen atoms in total. The van der Waals surface area contributed by atoms with Crippen LogP contribution in [0.1, 0.15) is 11.1 Å². The van der Waals surface area contributed by atoms with Gasteiger partial charge in [-0.05, 0) is 36.8 Å². The summed E-state index contributed by atoms with van der Waals surface area (Å²) < 4.78 is 37.3. The summed E-state index contributed by atoms with van der Waals surface area (Å²) in [6, 6.07) is 17.8. The van der Waals surface area contributed by atoms with Gasteiger partial charge in [0.05, 0.1) is 5.69 Å². The summed E-state index contributed by atoms with van der Waals surface area (Å²) in [5.74, 6) is -0.419. The van der Waals surface area contributed by atoms with Gasteiger partial charge >= 0.3 is 0 Å². The third-order valence-electron chi connectivity index (χ3n) is 4.10. The van der Waals surface area contributed by atoms with Gasteiger partial charge in [0.25, 0.3) is 16.6 Å². The van der Waals surface area contributed by atoms with Gasteiger partial charge in [-0.1, -0.05) is 42.5 Å². The third-order valence-corrected chi connectivity index (χ3v) is 4.97. The average Bonchev–Trinajstić information content (AvgIpc) is 2.76. The molecule has 3 aromatic rings. The molecule has 0 aliphatic carbocycles. The molecule has 3 N–H and O–H groups in total. The van der Waals surface area contributed by atoms with E-state index in [1.54, 1.807) is 61.5 Å². The van der Waals surface area contributed by atoms with Crippen molar-refractivity contribution >= 4 is 33.8 Å². The summed E-state index contributed by atoms with van der Waals surface area (Å²) in [7, 11) is -4.65. The van der Waals surface area contributed by atoms with Crippen LogP contribution in [0.15, 0.2) is 87.0 Å². The molecule has 0 spiro atoms. The first-order chi connectivity index (χ1) is 15.3. The number of nitrogens with one attached hydrogen (secondary N) is 1. The van der Waals surface area contributed by atoms with Crippen molar-refractivity contribution in [3.8, 4) is 11.5 Å². The van der Waals surface area contributed by atoms with Crippen LogP contribution in [0, 0.1) is 6.92 Å². The number of phenolic OH excluding ortho intramolecular Hbond substituents is 1. The Morgan fingerprint density at radius 3 is 2.44 bits per heavy atom. The molecule has 0 aromatic heterocycles.